The molecule has 1 saturated heterocycles. The molecule has 20 heavy (non-hydrogen) atoms. The maximum Gasteiger partial charge on any atom is 0.277 e. The van der Waals surface area contributed by atoms with Gasteiger partial charge in [-0.1, -0.05) is 12.1 Å². The molecule has 1 atom stereocenters. The fraction of sp³-hybridized carbons (Fsp3) is 0.583. The van der Waals surface area contributed by atoms with E-state index in [-0.39, 0.29) is 6.10 Å². The average molecular weight is 295 g/mol. The first-order valence-electron chi connectivity index (χ1n) is 6.65. The highest BCUT2D eigenvalue weighted by molar-refractivity contribution is 7.13. The third kappa shape index (κ3) is 2.82. The van der Waals surface area contributed by atoms with Crippen molar-refractivity contribution in [2.24, 2.45) is 0 Å². The molecule has 108 valence electrons. The minimum atomic E-state index is -0.135. The highest BCUT2D eigenvalue weighted by Gasteiger charge is 2.26. The topological polar surface area (TPSA) is 90.3 Å². The third-order valence-corrected chi connectivity index (χ3v) is 3.84. The Bertz CT molecular complexity index is 568. The smallest absolute Gasteiger partial charge is 0.277 e. The predicted octanol–water partition coefficient (Wildman–Crippen LogP) is 1.56. The van der Waals surface area contributed by atoms with Crippen LogP contribution < -0.4 is 5.73 Å². The molecule has 0 aromatic carbocycles. The minimum absolute atomic E-state index is 0.135. The second-order valence-corrected chi connectivity index (χ2v) is 5.58. The van der Waals surface area contributed by atoms with E-state index in [1.165, 1.54) is 11.3 Å². The molecule has 0 aliphatic carbocycles. The molecular weight excluding hydrogens is 278 g/mol. The fourth-order valence-corrected chi connectivity index (χ4v) is 2.77. The van der Waals surface area contributed by atoms with Gasteiger partial charge in [0.25, 0.3) is 5.89 Å². The van der Waals surface area contributed by atoms with Crippen LogP contribution in [0.2, 0.25) is 0 Å². The van der Waals surface area contributed by atoms with Crippen LogP contribution in [0.1, 0.15) is 25.3 Å². The number of anilines is 1. The van der Waals surface area contributed by atoms with Crippen molar-refractivity contribution in [2.75, 3.05) is 32.0 Å². The van der Waals surface area contributed by atoms with Crippen molar-refractivity contribution in [1.29, 1.82) is 0 Å². The molecule has 0 saturated carbocycles. The molecule has 1 unspecified atom stereocenters. The highest BCUT2D eigenvalue weighted by Crippen LogP contribution is 2.25. The van der Waals surface area contributed by atoms with E-state index >= 15 is 0 Å². The third-order valence-electron chi connectivity index (χ3n) is 3.16. The van der Waals surface area contributed by atoms with E-state index < -0.39 is 0 Å². The SMILES string of the molecule is CCCN1CCOC(c2noc(-c3csc(N)n3)n2)C1. The van der Waals surface area contributed by atoms with Gasteiger partial charge in [-0.15, -0.1) is 11.3 Å². The average Bonchev–Trinajstić information content (AvgIpc) is 3.08. The second kappa shape index (κ2) is 5.86. The Balaban J connectivity index is 1.73. The van der Waals surface area contributed by atoms with Gasteiger partial charge in [-0.3, -0.25) is 4.90 Å². The van der Waals surface area contributed by atoms with Gasteiger partial charge in [-0.25, -0.2) is 4.98 Å². The summed E-state index contributed by atoms with van der Waals surface area (Å²) in [5.74, 6) is 0.969. The van der Waals surface area contributed by atoms with Crippen molar-refractivity contribution in [2.45, 2.75) is 19.4 Å². The lowest BCUT2D eigenvalue weighted by atomic mass is 10.2. The van der Waals surface area contributed by atoms with E-state index in [0.717, 1.165) is 26.1 Å². The van der Waals surface area contributed by atoms with Crippen LogP contribution in [0.15, 0.2) is 9.90 Å². The van der Waals surface area contributed by atoms with Crippen molar-refractivity contribution in [1.82, 2.24) is 20.0 Å². The molecule has 7 nitrogen and oxygen atoms in total. The number of nitrogens with zero attached hydrogens (tertiary/aromatic N) is 4. The maximum absolute atomic E-state index is 5.73. The fourth-order valence-electron chi connectivity index (χ4n) is 2.23. The highest BCUT2D eigenvalue weighted by atomic mass is 32.1. The van der Waals surface area contributed by atoms with Gasteiger partial charge in [0.2, 0.25) is 5.82 Å². The Labute approximate surface area is 120 Å². The number of ether oxygens (including phenoxy) is 1. The van der Waals surface area contributed by atoms with Crippen molar-refractivity contribution in [3.8, 4) is 11.6 Å². The molecule has 0 spiro atoms. The number of morpholine rings is 1. The molecule has 0 radical (unpaired) electrons. The summed E-state index contributed by atoms with van der Waals surface area (Å²) in [5, 5.41) is 6.30. The molecule has 3 rings (SSSR count). The standard InChI is InChI=1S/C12H17N5O2S/c1-2-3-17-4-5-18-9(6-17)10-15-11(19-16-10)8-7-20-12(13)14-8/h7,9H,2-6H2,1H3,(H2,13,14). The van der Waals surface area contributed by atoms with Crippen LogP contribution in [0.3, 0.4) is 0 Å². The first-order valence-corrected chi connectivity index (χ1v) is 7.53. The van der Waals surface area contributed by atoms with Crippen LogP contribution in [-0.2, 0) is 4.74 Å². The van der Waals surface area contributed by atoms with Crippen molar-refractivity contribution in [3.05, 3.63) is 11.2 Å². The monoisotopic (exact) mass is 295 g/mol. The van der Waals surface area contributed by atoms with Crippen LogP contribution in [-0.4, -0.2) is 46.3 Å². The van der Waals surface area contributed by atoms with E-state index in [1.807, 2.05) is 0 Å². The molecule has 2 N–H and O–H groups in total. The molecule has 1 aliphatic rings. The number of hydrogen-bond donors (Lipinski definition) is 1. The van der Waals surface area contributed by atoms with E-state index in [1.54, 1.807) is 5.38 Å². The van der Waals surface area contributed by atoms with Crippen molar-refractivity contribution >= 4 is 16.5 Å². The molecule has 1 aliphatic heterocycles. The van der Waals surface area contributed by atoms with Crippen LogP contribution in [0.5, 0.6) is 0 Å². The number of hydrogen-bond acceptors (Lipinski definition) is 8. The predicted molar refractivity (Wildman–Crippen MR) is 75.2 cm³/mol. The zero-order chi connectivity index (χ0) is 13.9. The van der Waals surface area contributed by atoms with Gasteiger partial charge < -0.3 is 15.0 Å². The molecule has 8 heteroatoms. The molecule has 2 aromatic rings. The summed E-state index contributed by atoms with van der Waals surface area (Å²) in [6.07, 6.45) is 0.992. The maximum atomic E-state index is 5.73. The molecule has 3 heterocycles. The quantitative estimate of drug-likeness (QED) is 0.915. The number of thiazole rings is 1. The van der Waals surface area contributed by atoms with Crippen molar-refractivity contribution < 1.29 is 9.26 Å². The molecular formula is C12H17N5O2S. The zero-order valence-electron chi connectivity index (χ0n) is 11.3. The number of nitrogen functional groups attached to an aromatic ring is 1. The summed E-state index contributed by atoms with van der Waals surface area (Å²) in [7, 11) is 0. The van der Waals surface area contributed by atoms with Crippen LogP contribution in [0, 0.1) is 0 Å². The lowest BCUT2D eigenvalue weighted by Gasteiger charge is -2.30. The summed E-state index contributed by atoms with van der Waals surface area (Å²) >= 11 is 1.35. The van der Waals surface area contributed by atoms with Gasteiger partial charge in [0.15, 0.2) is 5.13 Å². The summed E-state index contributed by atoms with van der Waals surface area (Å²) in [6.45, 7) is 5.68. The van der Waals surface area contributed by atoms with Gasteiger partial charge >= 0.3 is 0 Å². The van der Waals surface area contributed by atoms with E-state index in [9.17, 15) is 0 Å². The lowest BCUT2D eigenvalue weighted by molar-refractivity contribution is -0.0350. The first kappa shape index (κ1) is 13.5. The van der Waals surface area contributed by atoms with Crippen LogP contribution >= 0.6 is 11.3 Å². The normalized spacial score (nSPS) is 20.4. The molecule has 0 amide bonds. The van der Waals surface area contributed by atoms with Crippen LogP contribution in [0.25, 0.3) is 11.6 Å². The number of rotatable bonds is 4. The van der Waals surface area contributed by atoms with E-state index in [2.05, 4.69) is 26.9 Å². The lowest BCUT2D eigenvalue weighted by Crippen LogP contribution is -2.39. The molecule has 2 aromatic heterocycles. The summed E-state index contributed by atoms with van der Waals surface area (Å²) in [4.78, 5) is 10.9. The van der Waals surface area contributed by atoms with Gasteiger partial charge in [-0.05, 0) is 13.0 Å². The Kier molecular flexibility index (Phi) is 3.95. The van der Waals surface area contributed by atoms with Gasteiger partial charge in [0.1, 0.15) is 11.8 Å². The summed E-state index contributed by atoms with van der Waals surface area (Å²) in [5.41, 5.74) is 6.22. The minimum Gasteiger partial charge on any atom is -0.375 e. The van der Waals surface area contributed by atoms with Gasteiger partial charge in [0.05, 0.1) is 6.61 Å². The van der Waals surface area contributed by atoms with E-state index in [4.69, 9.17) is 15.0 Å². The largest absolute Gasteiger partial charge is 0.375 e. The van der Waals surface area contributed by atoms with Crippen molar-refractivity contribution in [3.63, 3.8) is 0 Å². The zero-order valence-corrected chi connectivity index (χ0v) is 12.1. The second-order valence-electron chi connectivity index (χ2n) is 4.69. The first-order chi connectivity index (χ1) is 9.76. The Hall–Kier alpha value is -1.51. The molecule has 1 fully saturated rings. The number of nitrogens with two attached hydrogens (primary N) is 1. The van der Waals surface area contributed by atoms with Gasteiger partial charge in [-0.2, -0.15) is 4.98 Å². The number of aromatic nitrogens is 3. The van der Waals surface area contributed by atoms with E-state index in [0.29, 0.717) is 29.1 Å². The van der Waals surface area contributed by atoms with Gasteiger partial charge in [0, 0.05) is 18.5 Å². The Morgan fingerprint density at radius 3 is 3.15 bits per heavy atom. The summed E-state index contributed by atoms with van der Waals surface area (Å²) < 4.78 is 11.0. The Morgan fingerprint density at radius 1 is 1.50 bits per heavy atom. The Morgan fingerprint density at radius 2 is 2.40 bits per heavy atom. The molecule has 0 bridgehead atoms. The van der Waals surface area contributed by atoms with Crippen LogP contribution in [0.4, 0.5) is 5.13 Å². The summed E-state index contributed by atoms with van der Waals surface area (Å²) in [6, 6.07) is 0.